The van der Waals surface area contributed by atoms with Crippen molar-refractivity contribution in [3.63, 3.8) is 0 Å². The normalized spacial score (nSPS) is 12.3. The molecule has 0 spiro atoms. The highest BCUT2D eigenvalue weighted by atomic mass is 35.5. The summed E-state index contributed by atoms with van der Waals surface area (Å²) >= 11 is 7.12. The summed E-state index contributed by atoms with van der Waals surface area (Å²) in [4.78, 5) is 24.8. The molecule has 0 radical (unpaired) electrons. The zero-order valence-electron chi connectivity index (χ0n) is 12.4. The summed E-state index contributed by atoms with van der Waals surface area (Å²) in [7, 11) is 1.81. The Bertz CT molecular complexity index is 850. The van der Waals surface area contributed by atoms with Gasteiger partial charge < -0.3 is 5.32 Å². The monoisotopic (exact) mass is 348 g/mol. The van der Waals surface area contributed by atoms with Crippen LogP contribution in [0.15, 0.2) is 35.9 Å². The van der Waals surface area contributed by atoms with E-state index in [9.17, 15) is 4.79 Å². The molecule has 1 atom stereocenters. The maximum atomic E-state index is 12.3. The van der Waals surface area contributed by atoms with Crippen LogP contribution < -0.4 is 5.32 Å². The fourth-order valence-corrected chi connectivity index (χ4v) is 2.92. The van der Waals surface area contributed by atoms with E-state index in [1.165, 1.54) is 24.3 Å². The predicted octanol–water partition coefficient (Wildman–Crippen LogP) is 2.53. The number of aromatic nitrogens is 5. The minimum atomic E-state index is -0.356. The first-order chi connectivity index (χ1) is 11.0. The molecule has 9 heteroatoms. The van der Waals surface area contributed by atoms with Gasteiger partial charge >= 0.3 is 0 Å². The molecule has 0 aromatic carbocycles. The third kappa shape index (κ3) is 3.43. The maximum Gasteiger partial charge on any atom is 0.238 e. The first-order valence-corrected chi connectivity index (χ1v) is 8.02. The smallest absolute Gasteiger partial charge is 0.238 e. The Morgan fingerprint density at radius 1 is 1.30 bits per heavy atom. The number of aryl methyl sites for hydroxylation is 1. The second-order valence-corrected chi connectivity index (χ2v) is 6.56. The van der Waals surface area contributed by atoms with Crippen LogP contribution in [0.1, 0.15) is 6.92 Å². The van der Waals surface area contributed by atoms with Crippen molar-refractivity contribution >= 4 is 46.1 Å². The van der Waals surface area contributed by atoms with E-state index < -0.39 is 0 Å². The standard InChI is InChI=1S/C14H13ClN6OS/c1-8(13(22)20-11-4-3-9(15)5-16-11)23-14-10-6-19-21(2)12(10)17-7-18-14/h3-8H,1-2H3,(H,16,20,22). The van der Waals surface area contributed by atoms with Crippen LogP contribution in [0.4, 0.5) is 5.82 Å². The lowest BCUT2D eigenvalue weighted by molar-refractivity contribution is -0.115. The number of amides is 1. The van der Waals surface area contributed by atoms with E-state index in [0.29, 0.717) is 10.8 Å². The zero-order valence-corrected chi connectivity index (χ0v) is 14.0. The molecule has 1 unspecified atom stereocenters. The Kier molecular flexibility index (Phi) is 4.44. The highest BCUT2D eigenvalue weighted by Gasteiger charge is 2.18. The number of hydrogen-bond donors (Lipinski definition) is 1. The van der Waals surface area contributed by atoms with Gasteiger partial charge in [-0.15, -0.1) is 0 Å². The van der Waals surface area contributed by atoms with Crippen molar-refractivity contribution in [2.45, 2.75) is 17.2 Å². The van der Waals surface area contributed by atoms with Crippen molar-refractivity contribution in [2.24, 2.45) is 7.05 Å². The number of hydrogen-bond acceptors (Lipinski definition) is 6. The van der Waals surface area contributed by atoms with Crippen molar-refractivity contribution in [3.8, 4) is 0 Å². The number of fused-ring (bicyclic) bond motifs is 1. The molecule has 0 aliphatic carbocycles. The van der Waals surface area contributed by atoms with Gasteiger partial charge in [0.05, 0.1) is 21.9 Å². The second-order valence-electron chi connectivity index (χ2n) is 4.80. The van der Waals surface area contributed by atoms with Gasteiger partial charge in [-0.3, -0.25) is 9.48 Å². The molecule has 3 aromatic heterocycles. The van der Waals surface area contributed by atoms with Crippen molar-refractivity contribution in [1.82, 2.24) is 24.7 Å². The van der Waals surface area contributed by atoms with Crippen molar-refractivity contribution in [2.75, 3.05) is 5.32 Å². The first-order valence-electron chi connectivity index (χ1n) is 6.76. The molecule has 7 nitrogen and oxygen atoms in total. The fraction of sp³-hybridized carbons (Fsp3) is 0.214. The number of carbonyl (C=O) groups is 1. The minimum absolute atomic E-state index is 0.166. The summed E-state index contributed by atoms with van der Waals surface area (Å²) in [6.07, 6.45) is 4.65. The number of thioether (sulfide) groups is 1. The van der Waals surface area contributed by atoms with Crippen LogP contribution in [0, 0.1) is 0 Å². The summed E-state index contributed by atoms with van der Waals surface area (Å²) in [5, 5.41) is 8.61. The van der Waals surface area contributed by atoms with Crippen LogP contribution >= 0.6 is 23.4 Å². The molecule has 0 bridgehead atoms. The molecule has 3 aromatic rings. The van der Waals surface area contributed by atoms with Crippen molar-refractivity contribution in [3.05, 3.63) is 35.9 Å². The molecule has 0 aliphatic heterocycles. The Morgan fingerprint density at radius 3 is 2.87 bits per heavy atom. The average molecular weight is 349 g/mol. The number of nitrogens with zero attached hydrogens (tertiary/aromatic N) is 5. The molecule has 118 valence electrons. The molecule has 0 saturated heterocycles. The first kappa shape index (κ1) is 15.7. The summed E-state index contributed by atoms with van der Waals surface area (Å²) in [5.41, 5.74) is 0.731. The van der Waals surface area contributed by atoms with Crippen molar-refractivity contribution < 1.29 is 4.79 Å². The molecule has 3 heterocycles. The van der Waals surface area contributed by atoms with Gasteiger partial charge in [-0.1, -0.05) is 23.4 Å². The van der Waals surface area contributed by atoms with E-state index in [2.05, 4.69) is 25.4 Å². The molecule has 1 amide bonds. The van der Waals surface area contributed by atoms with Crippen LogP contribution in [0.25, 0.3) is 11.0 Å². The molecule has 0 fully saturated rings. The second kappa shape index (κ2) is 6.51. The van der Waals surface area contributed by atoms with Gasteiger partial charge in [-0.2, -0.15) is 5.10 Å². The lowest BCUT2D eigenvalue weighted by Gasteiger charge is -2.11. The third-order valence-corrected chi connectivity index (χ3v) is 4.47. The van der Waals surface area contributed by atoms with Gasteiger partial charge in [0, 0.05) is 13.2 Å². The van der Waals surface area contributed by atoms with Gasteiger partial charge in [0.25, 0.3) is 0 Å². The number of halogens is 1. The van der Waals surface area contributed by atoms with Gasteiger partial charge in [0.2, 0.25) is 5.91 Å². The zero-order chi connectivity index (χ0) is 16.4. The minimum Gasteiger partial charge on any atom is -0.310 e. The van der Waals surface area contributed by atoms with E-state index in [-0.39, 0.29) is 11.2 Å². The largest absolute Gasteiger partial charge is 0.310 e. The van der Waals surface area contributed by atoms with Gasteiger partial charge in [-0.25, -0.2) is 15.0 Å². The Morgan fingerprint density at radius 2 is 2.13 bits per heavy atom. The van der Waals surface area contributed by atoms with Crippen LogP contribution in [-0.4, -0.2) is 35.9 Å². The summed E-state index contributed by atoms with van der Waals surface area (Å²) in [6.45, 7) is 1.81. The number of pyridine rings is 1. The van der Waals surface area contributed by atoms with E-state index in [0.717, 1.165) is 16.1 Å². The van der Waals surface area contributed by atoms with E-state index in [1.54, 1.807) is 29.9 Å². The van der Waals surface area contributed by atoms with Gasteiger partial charge in [-0.05, 0) is 19.1 Å². The van der Waals surface area contributed by atoms with Crippen LogP contribution in [0.2, 0.25) is 5.02 Å². The molecule has 3 rings (SSSR count). The summed E-state index contributed by atoms with van der Waals surface area (Å²) in [6, 6.07) is 3.33. The molecule has 1 N–H and O–H groups in total. The lowest BCUT2D eigenvalue weighted by Crippen LogP contribution is -2.23. The predicted molar refractivity (Wildman–Crippen MR) is 89.5 cm³/mol. The van der Waals surface area contributed by atoms with E-state index in [4.69, 9.17) is 11.6 Å². The molecule has 0 saturated carbocycles. The number of carbonyl (C=O) groups excluding carboxylic acids is 1. The number of anilines is 1. The van der Waals surface area contributed by atoms with Crippen molar-refractivity contribution in [1.29, 1.82) is 0 Å². The number of rotatable bonds is 4. The van der Waals surface area contributed by atoms with Crippen LogP contribution in [0.3, 0.4) is 0 Å². The number of nitrogens with one attached hydrogen (secondary N) is 1. The van der Waals surface area contributed by atoms with Gasteiger partial charge in [0.15, 0.2) is 5.65 Å². The maximum absolute atomic E-state index is 12.3. The third-order valence-electron chi connectivity index (χ3n) is 3.13. The summed E-state index contributed by atoms with van der Waals surface area (Å²) < 4.78 is 1.67. The fourth-order valence-electron chi connectivity index (χ4n) is 1.93. The summed E-state index contributed by atoms with van der Waals surface area (Å²) in [5.74, 6) is 0.293. The average Bonchev–Trinajstić information content (AvgIpc) is 2.92. The van der Waals surface area contributed by atoms with Crippen LogP contribution in [0.5, 0.6) is 0 Å². The Labute approximate surface area is 141 Å². The highest BCUT2D eigenvalue weighted by molar-refractivity contribution is 8.00. The molecule has 0 aliphatic rings. The van der Waals surface area contributed by atoms with Crippen LogP contribution in [-0.2, 0) is 11.8 Å². The molecule has 23 heavy (non-hydrogen) atoms. The Hall–Kier alpha value is -2.19. The Balaban J connectivity index is 1.73. The van der Waals surface area contributed by atoms with E-state index in [1.807, 2.05) is 7.05 Å². The molecular weight excluding hydrogens is 336 g/mol. The lowest BCUT2D eigenvalue weighted by atomic mass is 10.4. The quantitative estimate of drug-likeness (QED) is 0.576. The SMILES string of the molecule is CC(Sc1ncnc2c1cnn2C)C(=O)Nc1ccc(Cl)cn1. The molecular formula is C14H13ClN6OS. The highest BCUT2D eigenvalue weighted by Crippen LogP contribution is 2.28. The van der Waals surface area contributed by atoms with E-state index >= 15 is 0 Å². The van der Waals surface area contributed by atoms with Gasteiger partial charge in [0.1, 0.15) is 17.2 Å². The topological polar surface area (TPSA) is 85.6 Å².